The molecule has 1 atom stereocenters. The third-order valence-electron chi connectivity index (χ3n) is 3.57. The van der Waals surface area contributed by atoms with Gasteiger partial charge in [-0.25, -0.2) is 0 Å². The number of phenolic OH excluding ortho intramolecular Hbond substituents is 1. The number of para-hydroxylation sites is 1. The van der Waals surface area contributed by atoms with Crippen LogP contribution in [0.5, 0.6) is 11.5 Å². The average Bonchev–Trinajstić information content (AvgIpc) is 2.56. The van der Waals surface area contributed by atoms with Crippen LogP contribution in [0.15, 0.2) is 48.5 Å². The summed E-state index contributed by atoms with van der Waals surface area (Å²) < 4.78 is 5.24. The molecule has 0 fully saturated rings. The molecule has 0 aliphatic rings. The summed E-state index contributed by atoms with van der Waals surface area (Å²) in [5.74, 6) is 0.881. The fraction of sp³-hybridized carbons (Fsp3) is 0.278. The molecule has 0 aliphatic carbocycles. The van der Waals surface area contributed by atoms with Gasteiger partial charge < -0.3 is 15.2 Å². The summed E-state index contributed by atoms with van der Waals surface area (Å²) in [6.07, 6.45) is 1.21. The van der Waals surface area contributed by atoms with Gasteiger partial charge in [-0.2, -0.15) is 0 Å². The Morgan fingerprint density at radius 2 is 1.86 bits per heavy atom. The number of hydrogen-bond acceptors (Lipinski definition) is 4. The second-order valence-corrected chi connectivity index (χ2v) is 5.12. The molecule has 0 saturated heterocycles. The van der Waals surface area contributed by atoms with Crippen molar-refractivity contribution >= 4 is 11.5 Å². The van der Waals surface area contributed by atoms with Gasteiger partial charge in [0.05, 0.1) is 12.7 Å². The van der Waals surface area contributed by atoms with Crippen molar-refractivity contribution in [3.8, 4) is 11.5 Å². The summed E-state index contributed by atoms with van der Waals surface area (Å²) in [4.78, 5) is 12.5. The van der Waals surface area contributed by atoms with Gasteiger partial charge in [0.2, 0.25) is 0 Å². The number of benzene rings is 2. The first-order chi connectivity index (χ1) is 10.6. The van der Waals surface area contributed by atoms with Gasteiger partial charge >= 0.3 is 0 Å². The highest BCUT2D eigenvalue weighted by atomic mass is 16.5. The van der Waals surface area contributed by atoms with E-state index in [0.717, 1.165) is 12.1 Å². The minimum Gasteiger partial charge on any atom is -0.508 e. The van der Waals surface area contributed by atoms with Crippen LogP contribution < -0.4 is 10.1 Å². The van der Waals surface area contributed by atoms with Crippen LogP contribution in [0.25, 0.3) is 0 Å². The number of ether oxygens (including phenoxy) is 1. The molecule has 2 aromatic rings. The molecule has 0 amide bonds. The molecule has 22 heavy (non-hydrogen) atoms. The number of ketones is 1. The largest absolute Gasteiger partial charge is 0.508 e. The normalized spacial score (nSPS) is 11.7. The lowest BCUT2D eigenvalue weighted by atomic mass is 10.0. The molecule has 2 aromatic carbocycles. The number of phenols is 1. The van der Waals surface area contributed by atoms with E-state index in [-0.39, 0.29) is 17.6 Å². The molecule has 0 radical (unpaired) electrons. The maximum atomic E-state index is 12.5. The van der Waals surface area contributed by atoms with Gasteiger partial charge in [-0.1, -0.05) is 19.1 Å². The van der Waals surface area contributed by atoms with Crippen molar-refractivity contribution in [1.82, 2.24) is 0 Å². The SMILES string of the molecule is CCC(CC(=O)c1ccccc1OC)Nc1ccc(O)cc1. The summed E-state index contributed by atoms with van der Waals surface area (Å²) in [6, 6.07) is 14.1. The van der Waals surface area contributed by atoms with Gasteiger partial charge in [-0.05, 0) is 42.8 Å². The predicted octanol–water partition coefficient (Wildman–Crippen LogP) is 3.86. The van der Waals surface area contributed by atoms with E-state index in [1.165, 1.54) is 0 Å². The molecule has 1 unspecified atom stereocenters. The van der Waals surface area contributed by atoms with Crippen LogP contribution in [-0.2, 0) is 0 Å². The second-order valence-electron chi connectivity index (χ2n) is 5.12. The third-order valence-corrected chi connectivity index (χ3v) is 3.57. The number of aromatic hydroxyl groups is 1. The monoisotopic (exact) mass is 299 g/mol. The number of methoxy groups -OCH3 is 1. The van der Waals surface area contributed by atoms with Gasteiger partial charge in [0.15, 0.2) is 5.78 Å². The smallest absolute Gasteiger partial charge is 0.168 e. The molecule has 0 aliphatic heterocycles. The first kappa shape index (κ1) is 15.9. The first-order valence-electron chi connectivity index (χ1n) is 7.35. The number of nitrogens with one attached hydrogen (secondary N) is 1. The third kappa shape index (κ3) is 4.01. The second kappa shape index (κ2) is 7.50. The summed E-state index contributed by atoms with van der Waals surface area (Å²) in [5.41, 5.74) is 1.49. The molecular weight excluding hydrogens is 278 g/mol. The van der Waals surface area contributed by atoms with Crippen molar-refractivity contribution < 1.29 is 14.6 Å². The van der Waals surface area contributed by atoms with Crippen molar-refractivity contribution in [2.24, 2.45) is 0 Å². The van der Waals surface area contributed by atoms with Crippen LogP contribution in [0, 0.1) is 0 Å². The Morgan fingerprint density at radius 1 is 1.18 bits per heavy atom. The van der Waals surface area contributed by atoms with Crippen molar-refractivity contribution in [3.05, 3.63) is 54.1 Å². The molecule has 116 valence electrons. The lowest BCUT2D eigenvalue weighted by Crippen LogP contribution is -2.22. The first-order valence-corrected chi connectivity index (χ1v) is 7.35. The zero-order valence-electron chi connectivity index (χ0n) is 12.9. The Morgan fingerprint density at radius 3 is 2.50 bits per heavy atom. The highest BCUT2D eigenvalue weighted by molar-refractivity contribution is 5.99. The molecule has 4 nitrogen and oxygen atoms in total. The quantitative estimate of drug-likeness (QED) is 0.602. The standard InChI is InChI=1S/C18H21NO3/c1-3-13(19-14-8-10-15(20)11-9-14)12-17(21)16-6-4-5-7-18(16)22-2/h4-11,13,19-20H,3,12H2,1-2H3. The van der Waals surface area contributed by atoms with Gasteiger partial charge in [0.1, 0.15) is 11.5 Å². The Kier molecular flexibility index (Phi) is 5.42. The lowest BCUT2D eigenvalue weighted by Gasteiger charge is -2.18. The van der Waals surface area contributed by atoms with Crippen LogP contribution in [0.2, 0.25) is 0 Å². The summed E-state index contributed by atoms with van der Waals surface area (Å²) in [6.45, 7) is 2.04. The highest BCUT2D eigenvalue weighted by Crippen LogP contribution is 2.22. The van der Waals surface area contributed by atoms with E-state index in [9.17, 15) is 9.90 Å². The zero-order chi connectivity index (χ0) is 15.9. The summed E-state index contributed by atoms with van der Waals surface area (Å²) in [7, 11) is 1.57. The van der Waals surface area contributed by atoms with E-state index in [2.05, 4.69) is 5.32 Å². The number of anilines is 1. The maximum Gasteiger partial charge on any atom is 0.168 e. The van der Waals surface area contributed by atoms with E-state index >= 15 is 0 Å². The fourth-order valence-corrected chi connectivity index (χ4v) is 2.30. The molecule has 0 bridgehead atoms. The van der Waals surface area contributed by atoms with Crippen LogP contribution >= 0.6 is 0 Å². The van der Waals surface area contributed by atoms with Crippen LogP contribution in [0.4, 0.5) is 5.69 Å². The van der Waals surface area contributed by atoms with Crippen molar-refractivity contribution in [2.75, 3.05) is 12.4 Å². The molecule has 0 aromatic heterocycles. The maximum absolute atomic E-state index is 12.5. The number of carbonyl (C=O) groups excluding carboxylic acids is 1. The molecule has 2 N–H and O–H groups in total. The zero-order valence-corrected chi connectivity index (χ0v) is 12.9. The molecule has 2 rings (SSSR count). The Labute approximate surface area is 130 Å². The Bertz CT molecular complexity index is 622. The van der Waals surface area contributed by atoms with E-state index < -0.39 is 0 Å². The van der Waals surface area contributed by atoms with Gasteiger partial charge in [0.25, 0.3) is 0 Å². The van der Waals surface area contributed by atoms with E-state index in [0.29, 0.717) is 17.7 Å². The van der Waals surface area contributed by atoms with Crippen molar-refractivity contribution in [1.29, 1.82) is 0 Å². The van der Waals surface area contributed by atoms with E-state index in [1.807, 2.05) is 19.1 Å². The fourth-order valence-electron chi connectivity index (χ4n) is 2.30. The molecule has 0 spiro atoms. The molecule has 0 heterocycles. The number of hydrogen-bond donors (Lipinski definition) is 2. The number of carbonyl (C=O) groups is 1. The Hall–Kier alpha value is -2.49. The predicted molar refractivity (Wildman–Crippen MR) is 87.8 cm³/mol. The summed E-state index contributed by atoms with van der Waals surface area (Å²) in [5, 5.41) is 12.6. The highest BCUT2D eigenvalue weighted by Gasteiger charge is 2.16. The van der Waals surface area contributed by atoms with Gasteiger partial charge in [-0.3, -0.25) is 4.79 Å². The minimum atomic E-state index is 0.0296. The molecule has 4 heteroatoms. The Balaban J connectivity index is 2.06. The van der Waals surface area contributed by atoms with Gasteiger partial charge in [-0.15, -0.1) is 0 Å². The molecular formula is C18H21NO3. The average molecular weight is 299 g/mol. The van der Waals surface area contributed by atoms with Crippen LogP contribution in [0.1, 0.15) is 30.1 Å². The van der Waals surface area contributed by atoms with Crippen LogP contribution in [0.3, 0.4) is 0 Å². The number of Topliss-reactive ketones (excluding diaryl/α,β-unsaturated/α-hetero) is 1. The van der Waals surface area contributed by atoms with Crippen molar-refractivity contribution in [2.45, 2.75) is 25.8 Å². The van der Waals surface area contributed by atoms with Crippen LogP contribution in [-0.4, -0.2) is 24.0 Å². The lowest BCUT2D eigenvalue weighted by molar-refractivity contribution is 0.0973. The van der Waals surface area contributed by atoms with E-state index in [4.69, 9.17) is 4.74 Å². The minimum absolute atomic E-state index is 0.0296. The topological polar surface area (TPSA) is 58.6 Å². The number of rotatable bonds is 7. The summed E-state index contributed by atoms with van der Waals surface area (Å²) >= 11 is 0. The van der Waals surface area contributed by atoms with Gasteiger partial charge in [0, 0.05) is 18.2 Å². The van der Waals surface area contributed by atoms with E-state index in [1.54, 1.807) is 43.5 Å². The van der Waals surface area contributed by atoms with Crippen molar-refractivity contribution in [3.63, 3.8) is 0 Å². The molecule has 0 saturated carbocycles.